The molecule has 0 saturated heterocycles. The summed E-state index contributed by atoms with van der Waals surface area (Å²) in [4.78, 5) is 47.7. The van der Waals surface area contributed by atoms with E-state index in [1.54, 1.807) is 45.9 Å². The molecule has 0 aliphatic carbocycles. The molecule has 232 valence electrons. The van der Waals surface area contributed by atoms with Crippen LogP contribution in [-0.2, 0) is 40.3 Å². The third-order valence-corrected chi connectivity index (χ3v) is 7.22. The zero-order valence-electron chi connectivity index (χ0n) is 25.4. The highest BCUT2D eigenvalue weighted by Crippen LogP contribution is 2.22. The van der Waals surface area contributed by atoms with Crippen LogP contribution in [0.15, 0.2) is 72.8 Å². The van der Waals surface area contributed by atoms with Crippen LogP contribution in [0.3, 0.4) is 0 Å². The molecule has 4 rings (SSSR count). The molecule has 0 N–H and O–H groups in total. The number of halogens is 1. The van der Waals surface area contributed by atoms with Crippen LogP contribution in [0, 0.1) is 5.92 Å². The second-order valence-electron chi connectivity index (χ2n) is 9.63. The van der Waals surface area contributed by atoms with Crippen molar-refractivity contribution in [2.24, 2.45) is 5.92 Å². The zero-order valence-corrected chi connectivity index (χ0v) is 27.0. The number of carbonyl (C=O) groups excluding carboxylic acids is 4. The fourth-order valence-electron chi connectivity index (χ4n) is 4.47. The predicted octanol–water partition coefficient (Wildman–Crippen LogP) is 7.21. The minimum absolute atomic E-state index is 0.188. The first-order valence-electron chi connectivity index (χ1n) is 14.5. The lowest BCUT2D eigenvalue weighted by Crippen LogP contribution is -2.30. The second-order valence-corrected chi connectivity index (χ2v) is 10.2. The van der Waals surface area contributed by atoms with Gasteiger partial charge in [0.2, 0.25) is 0 Å². The lowest BCUT2D eigenvalue weighted by Gasteiger charge is -2.15. The fourth-order valence-corrected chi connectivity index (χ4v) is 4.82. The molecule has 9 heteroatoms. The van der Waals surface area contributed by atoms with Crippen molar-refractivity contribution in [1.29, 1.82) is 0 Å². The number of ether oxygens (including phenoxy) is 4. The van der Waals surface area contributed by atoms with Crippen molar-refractivity contribution in [1.82, 2.24) is 0 Å². The number of carbonyl (C=O) groups is 4. The molecule has 0 aliphatic heterocycles. The summed E-state index contributed by atoms with van der Waals surface area (Å²) in [7, 11) is 0. The van der Waals surface area contributed by atoms with Crippen molar-refractivity contribution < 1.29 is 38.1 Å². The number of hydrogen-bond donors (Lipinski definition) is 0. The van der Waals surface area contributed by atoms with Crippen molar-refractivity contribution in [2.75, 3.05) is 26.4 Å². The van der Waals surface area contributed by atoms with Gasteiger partial charge < -0.3 is 18.9 Å². The molecule has 4 aromatic rings. The molecule has 4 aromatic carbocycles. The molecule has 0 radical (unpaired) electrons. The highest BCUT2D eigenvalue weighted by Gasteiger charge is 2.29. The largest absolute Gasteiger partial charge is 0.465 e. The Labute approximate surface area is 265 Å². The Kier molecular flexibility index (Phi) is 13.4. The smallest absolute Gasteiger partial charge is 0.338 e. The SMILES string of the molecule is CCOC(=O)c1ccc2cc(CBr)ccc2c1.CCOC(=O)c1ccc2cc(CC(C(=O)OCC)C(=O)OCC)ccc2c1. The molecule has 0 atom stereocenters. The lowest BCUT2D eigenvalue weighted by atomic mass is 9.96. The average molecular weight is 666 g/mol. The van der Waals surface area contributed by atoms with Crippen molar-refractivity contribution in [3.05, 3.63) is 95.1 Å². The summed E-state index contributed by atoms with van der Waals surface area (Å²) < 4.78 is 20.0. The van der Waals surface area contributed by atoms with Gasteiger partial charge in [-0.05, 0) is 91.1 Å². The molecule has 0 saturated carbocycles. The van der Waals surface area contributed by atoms with Crippen molar-refractivity contribution in [3.8, 4) is 0 Å². The number of rotatable bonds is 11. The quantitative estimate of drug-likeness (QED) is 0.0717. The van der Waals surface area contributed by atoms with E-state index in [1.165, 1.54) is 5.56 Å². The van der Waals surface area contributed by atoms with Crippen LogP contribution in [0.1, 0.15) is 59.5 Å². The van der Waals surface area contributed by atoms with Crippen LogP contribution >= 0.6 is 15.9 Å². The Hall–Kier alpha value is -4.24. The Bertz CT molecular complexity index is 1600. The first kappa shape index (κ1) is 34.3. The molecule has 0 aromatic heterocycles. The van der Waals surface area contributed by atoms with E-state index in [-0.39, 0.29) is 31.6 Å². The van der Waals surface area contributed by atoms with Gasteiger partial charge in [-0.3, -0.25) is 9.59 Å². The summed E-state index contributed by atoms with van der Waals surface area (Å²) >= 11 is 3.43. The number of alkyl halides is 1. The van der Waals surface area contributed by atoms with Gasteiger partial charge in [-0.1, -0.05) is 64.5 Å². The fraction of sp³-hybridized carbons (Fsp3) is 0.314. The van der Waals surface area contributed by atoms with E-state index in [1.807, 2.05) is 48.5 Å². The van der Waals surface area contributed by atoms with E-state index < -0.39 is 17.9 Å². The van der Waals surface area contributed by atoms with Gasteiger partial charge in [0, 0.05) is 5.33 Å². The molecule has 0 aliphatic rings. The first-order valence-corrected chi connectivity index (χ1v) is 15.6. The number of benzene rings is 4. The number of hydrogen-bond acceptors (Lipinski definition) is 8. The van der Waals surface area contributed by atoms with Gasteiger partial charge in [-0.15, -0.1) is 0 Å². The maximum atomic E-state index is 12.1. The molecule has 44 heavy (non-hydrogen) atoms. The van der Waals surface area contributed by atoms with Crippen molar-refractivity contribution in [3.63, 3.8) is 0 Å². The Morgan fingerprint density at radius 1 is 0.545 bits per heavy atom. The minimum Gasteiger partial charge on any atom is -0.465 e. The molecule has 0 amide bonds. The summed E-state index contributed by atoms with van der Waals surface area (Å²) in [5.41, 5.74) is 3.11. The lowest BCUT2D eigenvalue weighted by molar-refractivity contribution is -0.161. The predicted molar refractivity (Wildman–Crippen MR) is 173 cm³/mol. The van der Waals surface area contributed by atoms with E-state index in [0.717, 1.165) is 32.4 Å². The Balaban J connectivity index is 0.000000266. The molecular formula is C35H37BrO8. The monoisotopic (exact) mass is 664 g/mol. The van der Waals surface area contributed by atoms with Gasteiger partial charge in [-0.2, -0.15) is 0 Å². The summed E-state index contributed by atoms with van der Waals surface area (Å²) in [6, 6.07) is 22.6. The van der Waals surface area contributed by atoms with Gasteiger partial charge in [0.15, 0.2) is 5.92 Å². The molecule has 0 heterocycles. The van der Waals surface area contributed by atoms with E-state index >= 15 is 0 Å². The second kappa shape index (κ2) is 17.2. The highest BCUT2D eigenvalue weighted by molar-refractivity contribution is 9.08. The molecule has 0 bridgehead atoms. The molecule has 0 unspecified atom stereocenters. The van der Waals surface area contributed by atoms with E-state index in [0.29, 0.717) is 24.3 Å². The van der Waals surface area contributed by atoms with Crippen LogP contribution in [0.2, 0.25) is 0 Å². The van der Waals surface area contributed by atoms with Crippen LogP contribution < -0.4 is 0 Å². The summed E-state index contributed by atoms with van der Waals surface area (Å²) in [6.07, 6.45) is 0.188. The van der Waals surface area contributed by atoms with Crippen molar-refractivity contribution >= 4 is 61.4 Å². The van der Waals surface area contributed by atoms with Gasteiger partial charge in [-0.25, -0.2) is 9.59 Å². The maximum Gasteiger partial charge on any atom is 0.338 e. The average Bonchev–Trinajstić information content (AvgIpc) is 3.03. The van der Waals surface area contributed by atoms with Gasteiger partial charge in [0.05, 0.1) is 37.6 Å². The van der Waals surface area contributed by atoms with Gasteiger partial charge in [0.1, 0.15) is 0 Å². The van der Waals surface area contributed by atoms with Gasteiger partial charge in [0.25, 0.3) is 0 Å². The first-order chi connectivity index (χ1) is 21.2. The summed E-state index contributed by atoms with van der Waals surface area (Å²) in [5, 5.41) is 4.79. The molecule has 0 fully saturated rings. The Morgan fingerprint density at radius 2 is 0.932 bits per heavy atom. The van der Waals surface area contributed by atoms with E-state index in [4.69, 9.17) is 18.9 Å². The van der Waals surface area contributed by atoms with E-state index in [9.17, 15) is 19.2 Å². The van der Waals surface area contributed by atoms with Crippen LogP contribution in [0.4, 0.5) is 0 Å². The van der Waals surface area contributed by atoms with Crippen LogP contribution in [0.5, 0.6) is 0 Å². The van der Waals surface area contributed by atoms with Crippen LogP contribution in [-0.4, -0.2) is 50.3 Å². The van der Waals surface area contributed by atoms with E-state index in [2.05, 4.69) is 22.0 Å². The highest BCUT2D eigenvalue weighted by atomic mass is 79.9. The number of fused-ring (bicyclic) bond motifs is 2. The maximum absolute atomic E-state index is 12.1. The van der Waals surface area contributed by atoms with Crippen LogP contribution in [0.25, 0.3) is 21.5 Å². The summed E-state index contributed by atoms with van der Waals surface area (Å²) in [6.45, 7) is 8.06. The van der Waals surface area contributed by atoms with Crippen molar-refractivity contribution in [2.45, 2.75) is 39.4 Å². The number of esters is 4. The molecule has 8 nitrogen and oxygen atoms in total. The zero-order chi connectivity index (χ0) is 32.1. The standard InChI is InChI=1S/C21H24O6.C14H13BrO2/c1-4-25-19(22)17-10-9-15-11-14(7-8-16(15)13-17)12-18(20(23)26-5-2)21(24)27-6-3;1-2-17-14(16)13-6-5-11-7-10(9-15)3-4-12(11)8-13/h7-11,13,18H,4-6,12H2,1-3H3;3-8H,2,9H2,1H3. The molecule has 0 spiro atoms. The topological polar surface area (TPSA) is 105 Å². The normalized spacial score (nSPS) is 10.6. The summed E-state index contributed by atoms with van der Waals surface area (Å²) in [5.74, 6) is -2.81. The molecular weight excluding hydrogens is 628 g/mol. The van der Waals surface area contributed by atoms with Gasteiger partial charge >= 0.3 is 23.9 Å². The third kappa shape index (κ3) is 9.38. The Morgan fingerprint density at radius 3 is 1.36 bits per heavy atom. The minimum atomic E-state index is -0.999. The third-order valence-electron chi connectivity index (χ3n) is 6.57.